The summed E-state index contributed by atoms with van der Waals surface area (Å²) in [5, 5.41) is 10.6. The number of hydrogen-bond donors (Lipinski definition) is 1. The van der Waals surface area contributed by atoms with Crippen molar-refractivity contribution in [1.82, 2.24) is 4.90 Å². The van der Waals surface area contributed by atoms with Gasteiger partial charge in [-0.3, -0.25) is 9.59 Å². The van der Waals surface area contributed by atoms with Crippen molar-refractivity contribution in [3.05, 3.63) is 60.2 Å². The first-order valence-electron chi connectivity index (χ1n) is 9.66. The van der Waals surface area contributed by atoms with E-state index in [1.165, 1.54) is 11.8 Å². The zero-order chi connectivity index (χ0) is 19.5. The van der Waals surface area contributed by atoms with Crippen LogP contribution in [0, 0.1) is 5.92 Å². The number of thioether (sulfide) groups is 1. The van der Waals surface area contributed by atoms with Crippen LogP contribution in [0.25, 0.3) is 0 Å². The van der Waals surface area contributed by atoms with Gasteiger partial charge < -0.3 is 14.9 Å². The average Bonchev–Trinajstić information content (AvgIpc) is 2.76. The lowest BCUT2D eigenvalue weighted by Gasteiger charge is -2.36. The summed E-state index contributed by atoms with van der Waals surface area (Å²) in [5.74, 6) is 0.477. The largest absolute Gasteiger partial charge is 0.388 e. The predicted octanol–water partition coefficient (Wildman–Crippen LogP) is 3.10. The highest BCUT2D eigenvalue weighted by Gasteiger charge is 2.31. The van der Waals surface area contributed by atoms with Crippen molar-refractivity contribution in [2.75, 3.05) is 30.3 Å². The number of anilines is 1. The van der Waals surface area contributed by atoms with Crippen LogP contribution in [0.4, 0.5) is 5.69 Å². The van der Waals surface area contributed by atoms with E-state index in [-0.39, 0.29) is 24.3 Å². The highest BCUT2D eigenvalue weighted by Crippen LogP contribution is 2.35. The van der Waals surface area contributed by atoms with Crippen LogP contribution in [0.1, 0.15) is 24.5 Å². The second kappa shape index (κ2) is 8.37. The fourth-order valence-corrected chi connectivity index (χ4v) is 4.89. The molecule has 1 saturated heterocycles. The van der Waals surface area contributed by atoms with Crippen LogP contribution in [0.2, 0.25) is 0 Å². The minimum atomic E-state index is -0.494. The van der Waals surface area contributed by atoms with Crippen molar-refractivity contribution in [2.45, 2.75) is 23.8 Å². The molecule has 4 rings (SSSR count). The number of aliphatic hydroxyl groups excluding tert-OH is 1. The number of piperidine rings is 1. The van der Waals surface area contributed by atoms with E-state index < -0.39 is 6.10 Å². The van der Waals surface area contributed by atoms with Gasteiger partial charge in [0.05, 0.1) is 17.5 Å². The van der Waals surface area contributed by atoms with E-state index in [1.54, 1.807) is 4.90 Å². The van der Waals surface area contributed by atoms with Crippen molar-refractivity contribution in [1.29, 1.82) is 0 Å². The molecule has 146 valence electrons. The molecule has 5 nitrogen and oxygen atoms in total. The Morgan fingerprint density at radius 2 is 1.75 bits per heavy atom. The Hall–Kier alpha value is -2.31. The van der Waals surface area contributed by atoms with Crippen LogP contribution in [0.5, 0.6) is 0 Å². The summed E-state index contributed by atoms with van der Waals surface area (Å²) < 4.78 is 0. The van der Waals surface area contributed by atoms with E-state index in [1.807, 2.05) is 59.5 Å². The van der Waals surface area contributed by atoms with Gasteiger partial charge in [-0.2, -0.15) is 0 Å². The van der Waals surface area contributed by atoms with Crippen molar-refractivity contribution in [3.8, 4) is 0 Å². The van der Waals surface area contributed by atoms with Crippen molar-refractivity contribution >= 4 is 29.3 Å². The van der Waals surface area contributed by atoms with Crippen LogP contribution in [0.3, 0.4) is 0 Å². The maximum Gasteiger partial charge on any atom is 0.242 e. The molecule has 1 fully saturated rings. The number of benzene rings is 2. The first kappa shape index (κ1) is 19.0. The Balaban J connectivity index is 1.36. The first-order chi connectivity index (χ1) is 13.6. The van der Waals surface area contributed by atoms with Gasteiger partial charge in [0.15, 0.2) is 0 Å². The molecule has 0 spiro atoms. The molecular weight excluding hydrogens is 372 g/mol. The highest BCUT2D eigenvalue weighted by atomic mass is 32.2. The number of para-hydroxylation sites is 1. The number of rotatable bonds is 4. The Bertz CT molecular complexity index is 850. The number of carbonyl (C=O) groups is 2. The predicted molar refractivity (Wildman–Crippen MR) is 110 cm³/mol. The van der Waals surface area contributed by atoms with Crippen LogP contribution in [-0.4, -0.2) is 47.2 Å². The third-order valence-corrected chi connectivity index (χ3v) is 6.63. The van der Waals surface area contributed by atoms with Gasteiger partial charge in [0, 0.05) is 18.0 Å². The van der Waals surface area contributed by atoms with Gasteiger partial charge in [0.1, 0.15) is 6.54 Å². The number of fused-ring (bicyclic) bond motifs is 1. The maximum atomic E-state index is 12.8. The topological polar surface area (TPSA) is 60.9 Å². The quantitative estimate of drug-likeness (QED) is 0.863. The number of nitrogens with zero attached hydrogens (tertiary/aromatic N) is 2. The standard InChI is InChI=1S/C22H24N2O3S/c25-20(14-24-18-8-4-5-9-19(18)28-15-21(24)26)23-12-10-17(11-13-23)22(27)16-6-2-1-3-7-16/h1-9,17,22,27H,10-15H2. The zero-order valence-electron chi connectivity index (χ0n) is 15.7. The average molecular weight is 397 g/mol. The lowest BCUT2D eigenvalue weighted by molar-refractivity contribution is -0.133. The molecule has 6 heteroatoms. The van der Waals surface area contributed by atoms with E-state index in [2.05, 4.69) is 0 Å². The molecule has 0 aliphatic carbocycles. The normalized spacial score (nSPS) is 18.7. The summed E-state index contributed by atoms with van der Waals surface area (Å²) in [7, 11) is 0. The molecule has 1 atom stereocenters. The van der Waals surface area contributed by atoms with Gasteiger partial charge in [-0.25, -0.2) is 0 Å². The second-order valence-corrected chi connectivity index (χ2v) is 8.33. The molecule has 0 bridgehead atoms. The SMILES string of the molecule is O=C(CN1C(=O)CSc2ccccc21)N1CCC(C(O)c2ccccc2)CC1. The molecule has 2 aliphatic rings. The second-order valence-electron chi connectivity index (χ2n) is 7.31. The zero-order valence-corrected chi connectivity index (χ0v) is 16.5. The summed E-state index contributed by atoms with van der Waals surface area (Å²) >= 11 is 1.52. The summed E-state index contributed by atoms with van der Waals surface area (Å²) in [6.07, 6.45) is 1.04. The van der Waals surface area contributed by atoms with E-state index in [0.717, 1.165) is 29.0 Å². The fourth-order valence-electron chi connectivity index (χ4n) is 3.95. The number of likely N-dealkylation sites (tertiary alicyclic amines) is 1. The Kier molecular flexibility index (Phi) is 5.69. The van der Waals surface area contributed by atoms with Crippen molar-refractivity contribution in [3.63, 3.8) is 0 Å². The number of hydrogen-bond acceptors (Lipinski definition) is 4. The summed E-state index contributed by atoms with van der Waals surface area (Å²) in [6.45, 7) is 1.32. The Labute approximate surface area is 169 Å². The third-order valence-electron chi connectivity index (χ3n) is 5.58. The monoisotopic (exact) mass is 396 g/mol. The van der Waals surface area contributed by atoms with E-state index in [9.17, 15) is 14.7 Å². The molecule has 2 aliphatic heterocycles. The third kappa shape index (κ3) is 3.93. The van der Waals surface area contributed by atoms with E-state index >= 15 is 0 Å². The summed E-state index contributed by atoms with van der Waals surface area (Å²) in [5.41, 5.74) is 1.76. The Morgan fingerprint density at radius 3 is 2.50 bits per heavy atom. The summed E-state index contributed by atoms with van der Waals surface area (Å²) in [4.78, 5) is 29.7. The van der Waals surface area contributed by atoms with Gasteiger partial charge in [-0.15, -0.1) is 11.8 Å². The maximum absolute atomic E-state index is 12.8. The molecule has 1 unspecified atom stereocenters. The van der Waals surface area contributed by atoms with Gasteiger partial charge in [-0.05, 0) is 36.5 Å². The lowest BCUT2D eigenvalue weighted by atomic mass is 9.87. The molecule has 2 aromatic rings. The van der Waals surface area contributed by atoms with Gasteiger partial charge >= 0.3 is 0 Å². The van der Waals surface area contributed by atoms with Crippen molar-refractivity contribution in [2.24, 2.45) is 5.92 Å². The molecule has 2 amide bonds. The minimum absolute atomic E-state index is 0.0218. The molecule has 2 heterocycles. The van der Waals surface area contributed by atoms with Gasteiger partial charge in [-0.1, -0.05) is 42.5 Å². The smallest absolute Gasteiger partial charge is 0.242 e. The van der Waals surface area contributed by atoms with Crippen LogP contribution >= 0.6 is 11.8 Å². The number of carbonyl (C=O) groups excluding carboxylic acids is 2. The van der Waals surface area contributed by atoms with E-state index in [0.29, 0.717) is 18.8 Å². The van der Waals surface area contributed by atoms with Crippen LogP contribution in [0.15, 0.2) is 59.5 Å². The van der Waals surface area contributed by atoms with Crippen LogP contribution < -0.4 is 4.90 Å². The minimum Gasteiger partial charge on any atom is -0.388 e. The molecule has 0 radical (unpaired) electrons. The molecule has 1 N–H and O–H groups in total. The van der Waals surface area contributed by atoms with Gasteiger partial charge in [0.25, 0.3) is 0 Å². The molecule has 28 heavy (non-hydrogen) atoms. The number of amides is 2. The first-order valence-corrected chi connectivity index (χ1v) is 10.6. The molecule has 0 aromatic heterocycles. The fraction of sp³-hybridized carbons (Fsp3) is 0.364. The van der Waals surface area contributed by atoms with E-state index in [4.69, 9.17) is 0 Å². The Morgan fingerprint density at radius 1 is 1.07 bits per heavy atom. The lowest BCUT2D eigenvalue weighted by Crippen LogP contribution is -2.47. The molecular formula is C22H24N2O3S. The highest BCUT2D eigenvalue weighted by molar-refractivity contribution is 8.00. The summed E-state index contributed by atoms with van der Waals surface area (Å²) in [6, 6.07) is 17.4. The van der Waals surface area contributed by atoms with Crippen molar-refractivity contribution < 1.29 is 14.7 Å². The molecule has 0 saturated carbocycles. The molecule has 2 aromatic carbocycles. The number of aliphatic hydroxyl groups is 1. The van der Waals surface area contributed by atoms with Gasteiger partial charge in [0.2, 0.25) is 11.8 Å². The van der Waals surface area contributed by atoms with Crippen LogP contribution in [-0.2, 0) is 9.59 Å².